The second-order valence-electron chi connectivity index (χ2n) is 7.11. The molecular weight excluding hydrogens is 416 g/mol. The molecule has 1 atom stereocenters. The molecular formula is C23H26N2O7. The van der Waals surface area contributed by atoms with Gasteiger partial charge in [-0.15, -0.1) is 0 Å². The minimum absolute atomic E-state index is 0.0794. The van der Waals surface area contributed by atoms with Gasteiger partial charge in [-0.1, -0.05) is 6.07 Å². The van der Waals surface area contributed by atoms with E-state index in [1.54, 1.807) is 30.3 Å². The fraction of sp³-hybridized carbons (Fsp3) is 0.304. The number of ether oxygens (including phenoxy) is 4. The van der Waals surface area contributed by atoms with Gasteiger partial charge >= 0.3 is 0 Å². The lowest BCUT2D eigenvalue weighted by Crippen LogP contribution is -2.31. The zero-order valence-electron chi connectivity index (χ0n) is 18.6. The number of Topliss-reactive ketones (excluding diaryl/α,β-unsaturated/α-hetero) is 1. The smallest absolute Gasteiger partial charge is 0.221 e. The Labute approximate surface area is 185 Å². The van der Waals surface area contributed by atoms with Gasteiger partial charge < -0.3 is 29.5 Å². The Morgan fingerprint density at radius 3 is 2.06 bits per heavy atom. The lowest BCUT2D eigenvalue weighted by molar-refractivity contribution is -0.120. The quantitative estimate of drug-likeness (QED) is 0.535. The average Bonchev–Trinajstić information content (AvgIpc) is 3.13. The van der Waals surface area contributed by atoms with Crippen molar-refractivity contribution in [1.29, 1.82) is 0 Å². The molecule has 0 radical (unpaired) electrons. The number of methoxy groups -OCH3 is 4. The number of anilines is 1. The van der Waals surface area contributed by atoms with Crippen LogP contribution in [0.5, 0.6) is 23.0 Å². The van der Waals surface area contributed by atoms with Crippen LogP contribution in [-0.4, -0.2) is 51.4 Å². The summed E-state index contributed by atoms with van der Waals surface area (Å²) in [4.78, 5) is 24.4. The number of allylic oxidation sites excluding steroid dienone is 1. The second-order valence-corrected chi connectivity index (χ2v) is 7.11. The summed E-state index contributed by atoms with van der Waals surface area (Å²) >= 11 is 0. The highest BCUT2D eigenvalue weighted by atomic mass is 16.5. The van der Waals surface area contributed by atoms with E-state index in [2.05, 4.69) is 10.8 Å². The molecule has 9 heteroatoms. The van der Waals surface area contributed by atoms with Crippen molar-refractivity contribution in [2.24, 2.45) is 0 Å². The number of carbonyl (C=O) groups excluding carboxylic acids is 2. The van der Waals surface area contributed by atoms with E-state index >= 15 is 0 Å². The summed E-state index contributed by atoms with van der Waals surface area (Å²) in [6, 6.07) is 7.74. The maximum Gasteiger partial charge on any atom is 0.221 e. The fourth-order valence-electron chi connectivity index (χ4n) is 3.86. The van der Waals surface area contributed by atoms with Gasteiger partial charge in [0.1, 0.15) is 11.8 Å². The first-order valence-corrected chi connectivity index (χ1v) is 9.80. The van der Waals surface area contributed by atoms with Gasteiger partial charge in [0.25, 0.3) is 0 Å². The fourth-order valence-corrected chi connectivity index (χ4v) is 3.86. The van der Waals surface area contributed by atoms with Crippen LogP contribution >= 0.6 is 0 Å². The first-order valence-electron chi connectivity index (χ1n) is 9.80. The van der Waals surface area contributed by atoms with Crippen LogP contribution in [0.4, 0.5) is 5.69 Å². The average molecular weight is 442 g/mol. The van der Waals surface area contributed by atoms with Crippen LogP contribution in [-0.2, 0) is 9.59 Å². The molecule has 3 N–H and O–H groups in total. The predicted octanol–water partition coefficient (Wildman–Crippen LogP) is 2.91. The largest absolute Gasteiger partial charge is 0.495 e. The maximum absolute atomic E-state index is 12.7. The Morgan fingerprint density at radius 2 is 1.56 bits per heavy atom. The molecule has 1 amide bonds. The molecule has 1 aliphatic rings. The van der Waals surface area contributed by atoms with Crippen LogP contribution in [0.1, 0.15) is 24.5 Å². The van der Waals surface area contributed by atoms with Crippen LogP contribution in [0.25, 0.3) is 11.1 Å². The third kappa shape index (κ3) is 4.25. The molecule has 0 saturated carbocycles. The number of hydrogen-bond donors (Lipinski definition) is 3. The Balaban J connectivity index is 2.25. The standard InChI is InChI=1S/C23H26N2O7/c1-12(26)24-16-8-13(6-7-18(16)29-2)15-11-17(27)22(25-28)21(15)14-9-19(30-3)23(32-5)20(10-14)31-4/h6-10,22,25,28H,11H2,1-5H3,(H,24,26). The highest BCUT2D eigenvalue weighted by molar-refractivity contribution is 6.16. The highest BCUT2D eigenvalue weighted by Gasteiger charge is 2.35. The van der Waals surface area contributed by atoms with Gasteiger partial charge in [0.2, 0.25) is 11.7 Å². The molecule has 0 aromatic heterocycles. The molecule has 32 heavy (non-hydrogen) atoms. The molecule has 0 spiro atoms. The predicted molar refractivity (Wildman–Crippen MR) is 119 cm³/mol. The molecule has 0 saturated heterocycles. The minimum Gasteiger partial charge on any atom is -0.495 e. The monoisotopic (exact) mass is 442 g/mol. The summed E-state index contributed by atoms with van der Waals surface area (Å²) < 4.78 is 21.6. The normalized spacial score (nSPS) is 15.6. The van der Waals surface area contributed by atoms with Crippen molar-refractivity contribution in [2.45, 2.75) is 19.4 Å². The van der Waals surface area contributed by atoms with Crippen LogP contribution in [0.2, 0.25) is 0 Å². The van der Waals surface area contributed by atoms with E-state index in [-0.39, 0.29) is 18.1 Å². The zero-order chi connectivity index (χ0) is 23.4. The van der Waals surface area contributed by atoms with Crippen molar-refractivity contribution < 1.29 is 33.7 Å². The number of carbonyl (C=O) groups is 2. The number of hydroxylamine groups is 1. The molecule has 0 heterocycles. The minimum atomic E-state index is -0.945. The topological polar surface area (TPSA) is 115 Å². The molecule has 2 aromatic rings. The zero-order valence-corrected chi connectivity index (χ0v) is 18.6. The van der Waals surface area contributed by atoms with E-state index in [4.69, 9.17) is 18.9 Å². The van der Waals surface area contributed by atoms with E-state index < -0.39 is 6.04 Å². The first kappa shape index (κ1) is 23.1. The molecule has 1 unspecified atom stereocenters. The number of amides is 1. The molecule has 2 aromatic carbocycles. The number of rotatable bonds is 8. The van der Waals surface area contributed by atoms with E-state index in [0.717, 1.165) is 0 Å². The van der Waals surface area contributed by atoms with Crippen LogP contribution in [0.15, 0.2) is 30.3 Å². The van der Waals surface area contributed by atoms with E-state index in [1.807, 2.05) is 0 Å². The lowest BCUT2D eigenvalue weighted by Gasteiger charge is -2.18. The van der Waals surface area contributed by atoms with Gasteiger partial charge in [-0.05, 0) is 46.5 Å². The molecule has 3 rings (SSSR count). The Kier molecular flexibility index (Phi) is 7.01. The highest BCUT2D eigenvalue weighted by Crippen LogP contribution is 2.45. The van der Waals surface area contributed by atoms with Crippen molar-refractivity contribution in [2.75, 3.05) is 33.8 Å². The number of benzene rings is 2. The van der Waals surface area contributed by atoms with Crippen molar-refractivity contribution >= 4 is 28.5 Å². The van der Waals surface area contributed by atoms with Crippen molar-refractivity contribution in [3.8, 4) is 23.0 Å². The Hall–Kier alpha value is -3.56. The summed E-state index contributed by atoms with van der Waals surface area (Å²) in [6.07, 6.45) is 0.0794. The summed E-state index contributed by atoms with van der Waals surface area (Å²) in [5.74, 6) is 1.27. The summed E-state index contributed by atoms with van der Waals surface area (Å²) in [6.45, 7) is 1.40. The Bertz CT molecular complexity index is 1050. The molecule has 9 nitrogen and oxygen atoms in total. The van der Waals surface area contributed by atoms with Crippen LogP contribution in [0.3, 0.4) is 0 Å². The van der Waals surface area contributed by atoms with Gasteiger partial charge in [0.05, 0.1) is 34.1 Å². The number of ketones is 1. The SMILES string of the molecule is COc1ccc(C2=C(c3cc(OC)c(OC)c(OC)c3)C(NO)C(=O)C2)cc1NC(C)=O. The third-order valence-corrected chi connectivity index (χ3v) is 5.25. The molecule has 170 valence electrons. The van der Waals surface area contributed by atoms with Crippen LogP contribution in [0, 0.1) is 0 Å². The third-order valence-electron chi connectivity index (χ3n) is 5.25. The van der Waals surface area contributed by atoms with Crippen molar-refractivity contribution in [3.63, 3.8) is 0 Å². The molecule has 1 aliphatic carbocycles. The first-order chi connectivity index (χ1) is 15.4. The van der Waals surface area contributed by atoms with Gasteiger partial charge in [-0.2, -0.15) is 5.48 Å². The summed E-state index contributed by atoms with van der Waals surface area (Å²) in [5.41, 5.74) is 5.16. The van der Waals surface area contributed by atoms with Crippen molar-refractivity contribution in [1.82, 2.24) is 5.48 Å². The number of hydrogen-bond acceptors (Lipinski definition) is 8. The van der Waals surface area contributed by atoms with Crippen molar-refractivity contribution in [3.05, 3.63) is 41.5 Å². The van der Waals surface area contributed by atoms with Gasteiger partial charge in [-0.25, -0.2) is 0 Å². The molecule has 0 fully saturated rings. The van der Waals surface area contributed by atoms with E-state index in [0.29, 0.717) is 51.0 Å². The van der Waals surface area contributed by atoms with Crippen LogP contribution < -0.4 is 29.7 Å². The lowest BCUT2D eigenvalue weighted by atomic mass is 9.94. The molecule has 0 aliphatic heterocycles. The van der Waals surface area contributed by atoms with E-state index in [9.17, 15) is 14.8 Å². The molecule has 0 bridgehead atoms. The van der Waals surface area contributed by atoms with Gasteiger partial charge in [0, 0.05) is 13.3 Å². The van der Waals surface area contributed by atoms with Gasteiger partial charge in [0.15, 0.2) is 17.3 Å². The summed E-state index contributed by atoms with van der Waals surface area (Å²) in [7, 11) is 6.01. The van der Waals surface area contributed by atoms with E-state index in [1.165, 1.54) is 35.4 Å². The summed E-state index contributed by atoms with van der Waals surface area (Å²) in [5, 5.41) is 12.5. The maximum atomic E-state index is 12.7. The van der Waals surface area contributed by atoms with Gasteiger partial charge in [-0.3, -0.25) is 9.59 Å². The Morgan fingerprint density at radius 1 is 0.938 bits per heavy atom. The second kappa shape index (κ2) is 9.71. The number of nitrogens with one attached hydrogen (secondary N) is 2.